The van der Waals surface area contributed by atoms with Crippen LogP contribution < -0.4 is 10.2 Å². The maximum absolute atomic E-state index is 15.3. The van der Waals surface area contributed by atoms with Crippen LogP contribution in [0, 0.1) is 15.9 Å². The predicted octanol–water partition coefficient (Wildman–Crippen LogP) is 5.49. The summed E-state index contributed by atoms with van der Waals surface area (Å²) in [7, 11) is -3.21. The normalized spacial score (nSPS) is 15.9. The van der Waals surface area contributed by atoms with Crippen LogP contribution in [0.2, 0.25) is 10.0 Å². The van der Waals surface area contributed by atoms with Gasteiger partial charge in [0.2, 0.25) is 0 Å². The molecule has 1 saturated heterocycles. The Bertz CT molecular complexity index is 1860. The van der Waals surface area contributed by atoms with Crippen LogP contribution in [0.25, 0.3) is 11.1 Å². The van der Waals surface area contributed by atoms with Crippen LogP contribution in [0.5, 0.6) is 11.5 Å². The molecule has 226 valence electrons. The van der Waals surface area contributed by atoms with Gasteiger partial charge in [0.15, 0.2) is 11.7 Å². The second-order valence-electron chi connectivity index (χ2n) is 9.25. The number of aromatic nitrogens is 4. The summed E-state index contributed by atoms with van der Waals surface area (Å²) in [5, 5.41) is 20.0. The molecular weight excluding hydrogens is 630 g/mol. The predicted molar refractivity (Wildman–Crippen MR) is 152 cm³/mol. The number of sulfonamides is 1. The number of hydrogen-bond acceptors (Lipinski definition) is 9. The summed E-state index contributed by atoms with van der Waals surface area (Å²) in [5.41, 5.74) is 0.141. The topological polar surface area (TPSA) is 153 Å². The Morgan fingerprint density at radius 2 is 2.00 bits per heavy atom. The summed E-state index contributed by atoms with van der Waals surface area (Å²) in [5.74, 6) is -1.91. The average molecular weight is 653 g/mol. The molecule has 2 aromatic heterocycles. The molecule has 1 aliphatic heterocycles. The van der Waals surface area contributed by atoms with Crippen molar-refractivity contribution in [2.45, 2.75) is 37.1 Å². The van der Waals surface area contributed by atoms with Crippen molar-refractivity contribution < 1.29 is 31.9 Å². The Balaban J connectivity index is 1.53. The van der Waals surface area contributed by atoms with Gasteiger partial charge in [0.05, 0.1) is 16.3 Å². The van der Waals surface area contributed by atoms with Crippen molar-refractivity contribution in [3.05, 3.63) is 86.3 Å². The first-order chi connectivity index (χ1) is 20.6. The van der Waals surface area contributed by atoms with E-state index in [9.17, 15) is 18.5 Å². The van der Waals surface area contributed by atoms with Crippen LogP contribution >= 0.6 is 23.2 Å². The summed E-state index contributed by atoms with van der Waals surface area (Å²) in [6.45, 7) is 0.400. The summed E-state index contributed by atoms with van der Waals surface area (Å²) >= 11 is 12.6. The smallest absolute Gasteiger partial charge is 0.398 e. The second-order valence-corrected chi connectivity index (χ2v) is 11.7. The highest BCUT2D eigenvalue weighted by Crippen LogP contribution is 2.42. The maximum atomic E-state index is 15.3. The molecule has 0 N–H and O–H groups in total. The molecule has 0 aliphatic carbocycles. The van der Waals surface area contributed by atoms with E-state index in [1.54, 1.807) is 0 Å². The monoisotopic (exact) mass is 652 g/mol. The SMILES string of the molecule is COCn1ncccc1=NS(=O)(=O)c1cc(Cl)c(Oc2ccc(Cl)cc2-c2cn(C3CCCCO3)nc2[N+](=O)[O-])cc1F. The van der Waals surface area contributed by atoms with Gasteiger partial charge in [-0.05, 0) is 60.6 Å². The van der Waals surface area contributed by atoms with Gasteiger partial charge in [-0.15, -0.1) is 4.40 Å². The van der Waals surface area contributed by atoms with Crippen molar-refractivity contribution in [2.75, 3.05) is 13.7 Å². The van der Waals surface area contributed by atoms with E-state index in [2.05, 4.69) is 14.6 Å². The first-order valence-electron chi connectivity index (χ1n) is 12.7. The van der Waals surface area contributed by atoms with Crippen LogP contribution in [0.1, 0.15) is 25.5 Å². The Morgan fingerprint density at radius 3 is 2.72 bits per heavy atom. The van der Waals surface area contributed by atoms with Gasteiger partial charge in [0.25, 0.3) is 10.0 Å². The van der Waals surface area contributed by atoms with E-state index in [0.717, 1.165) is 25.0 Å². The number of benzene rings is 2. The molecule has 1 aliphatic rings. The first kappa shape index (κ1) is 30.6. The van der Waals surface area contributed by atoms with Crippen LogP contribution in [0.3, 0.4) is 0 Å². The summed E-state index contributed by atoms with van der Waals surface area (Å²) in [4.78, 5) is 10.5. The molecule has 3 heterocycles. The maximum Gasteiger partial charge on any atom is 0.398 e. The highest BCUT2D eigenvalue weighted by atomic mass is 35.5. The van der Waals surface area contributed by atoms with Gasteiger partial charge in [-0.1, -0.05) is 23.2 Å². The molecule has 13 nitrogen and oxygen atoms in total. The van der Waals surface area contributed by atoms with Gasteiger partial charge in [-0.25, -0.2) is 9.07 Å². The quantitative estimate of drug-likeness (QED) is 0.169. The third-order valence-electron chi connectivity index (χ3n) is 6.32. The minimum atomic E-state index is -4.60. The van der Waals surface area contributed by atoms with Crippen molar-refractivity contribution >= 4 is 39.0 Å². The second kappa shape index (κ2) is 12.8. The van der Waals surface area contributed by atoms with Crippen molar-refractivity contribution in [3.8, 4) is 22.6 Å². The lowest BCUT2D eigenvalue weighted by Crippen LogP contribution is -2.25. The van der Waals surface area contributed by atoms with Gasteiger partial charge in [-0.2, -0.15) is 18.2 Å². The Labute approximate surface area is 254 Å². The van der Waals surface area contributed by atoms with E-state index in [1.807, 2.05) is 0 Å². The fourth-order valence-electron chi connectivity index (χ4n) is 4.36. The van der Waals surface area contributed by atoms with Crippen LogP contribution in [0.15, 0.2) is 64.2 Å². The molecule has 0 amide bonds. The van der Waals surface area contributed by atoms with Gasteiger partial charge in [0.1, 0.15) is 34.5 Å². The van der Waals surface area contributed by atoms with Gasteiger partial charge in [-0.3, -0.25) is 0 Å². The zero-order valence-corrected chi connectivity index (χ0v) is 24.7. The summed E-state index contributed by atoms with van der Waals surface area (Å²) in [6, 6.07) is 8.78. The Hall–Kier alpha value is -3.89. The molecule has 43 heavy (non-hydrogen) atoms. The molecule has 0 spiro atoms. The fourth-order valence-corrected chi connectivity index (χ4v) is 5.87. The Kier molecular flexibility index (Phi) is 9.08. The molecule has 1 atom stereocenters. The summed E-state index contributed by atoms with van der Waals surface area (Å²) < 4.78 is 64.1. The van der Waals surface area contributed by atoms with Gasteiger partial charge in [0, 0.05) is 36.6 Å². The first-order valence-corrected chi connectivity index (χ1v) is 14.9. The standard InChI is InChI=1S/C26H23Cl2FN6O7S/c1-40-15-34-24(5-4-9-30-34)32-43(38,39)23-12-19(28)22(13-20(23)29)42-21-8-7-16(27)11-17(21)18-14-33(31-26(18)35(36)37)25-6-2-3-10-41-25/h4-5,7-9,11-14,25H,2-3,6,10,15H2,1H3. The largest absolute Gasteiger partial charge is 0.455 e. The number of ether oxygens (including phenoxy) is 3. The van der Waals surface area contributed by atoms with Crippen molar-refractivity contribution in [1.82, 2.24) is 19.6 Å². The molecule has 1 unspecified atom stereocenters. The Morgan fingerprint density at radius 1 is 1.19 bits per heavy atom. The van der Waals surface area contributed by atoms with E-state index in [4.69, 9.17) is 37.4 Å². The highest BCUT2D eigenvalue weighted by molar-refractivity contribution is 7.90. The van der Waals surface area contributed by atoms with Crippen LogP contribution in [-0.4, -0.2) is 46.6 Å². The fraction of sp³-hybridized carbons (Fsp3) is 0.269. The molecule has 2 aromatic carbocycles. The lowest BCUT2D eigenvalue weighted by molar-refractivity contribution is -0.389. The minimum Gasteiger partial charge on any atom is -0.455 e. The molecule has 0 radical (unpaired) electrons. The van der Waals surface area contributed by atoms with Crippen molar-refractivity contribution in [1.29, 1.82) is 0 Å². The molecule has 0 bridgehead atoms. The number of rotatable bonds is 9. The van der Waals surface area contributed by atoms with Gasteiger partial charge < -0.3 is 24.3 Å². The molecule has 4 aromatic rings. The zero-order chi connectivity index (χ0) is 30.7. The number of halogens is 3. The van der Waals surface area contributed by atoms with E-state index >= 15 is 4.39 Å². The lowest BCUT2D eigenvalue weighted by atomic mass is 10.1. The lowest BCUT2D eigenvalue weighted by Gasteiger charge is -2.20. The molecule has 1 fully saturated rings. The van der Waals surface area contributed by atoms with E-state index in [1.165, 1.54) is 59.2 Å². The third kappa shape index (κ3) is 6.70. The van der Waals surface area contributed by atoms with E-state index < -0.39 is 37.7 Å². The minimum absolute atomic E-state index is 0.0224. The molecule has 0 saturated carbocycles. The summed E-state index contributed by atoms with van der Waals surface area (Å²) in [6.07, 6.45) is 4.76. The third-order valence-corrected chi connectivity index (χ3v) is 8.15. The van der Waals surface area contributed by atoms with E-state index in [-0.39, 0.29) is 44.9 Å². The zero-order valence-electron chi connectivity index (χ0n) is 22.4. The van der Waals surface area contributed by atoms with Crippen LogP contribution in [0.4, 0.5) is 10.2 Å². The average Bonchev–Trinajstić information content (AvgIpc) is 3.43. The van der Waals surface area contributed by atoms with Crippen molar-refractivity contribution in [3.63, 3.8) is 0 Å². The number of nitrogens with zero attached hydrogens (tertiary/aromatic N) is 6. The molecule has 5 rings (SSSR count). The molecular formula is C26H23Cl2FN6O7S. The van der Waals surface area contributed by atoms with E-state index in [0.29, 0.717) is 13.0 Å². The van der Waals surface area contributed by atoms with Gasteiger partial charge >= 0.3 is 5.82 Å². The van der Waals surface area contributed by atoms with Crippen molar-refractivity contribution in [2.24, 2.45) is 4.40 Å². The molecule has 17 heteroatoms. The van der Waals surface area contributed by atoms with Crippen LogP contribution in [-0.2, 0) is 26.2 Å². The number of methoxy groups -OCH3 is 1. The highest BCUT2D eigenvalue weighted by Gasteiger charge is 2.30. The number of nitro groups is 1. The number of hydrogen-bond donors (Lipinski definition) is 0.